The van der Waals surface area contributed by atoms with E-state index in [4.69, 9.17) is 4.42 Å². The standard InChI is InChI=1S/C27H25FN4O3/c1-18-9-12-21(14-23(18)28)32-16-24(19-6-3-2-4-7-19)29-27(32)30-25(33)17-31(26(34)20-10-11-20)15-22-8-5-13-35-22/h2-9,12-14,16,20H,10-11,15,17H2,1H3,(H,29,30,33). The van der Waals surface area contributed by atoms with E-state index in [1.54, 1.807) is 42.0 Å². The number of halogens is 1. The number of furan rings is 1. The third-order valence-corrected chi connectivity index (χ3v) is 5.96. The first-order chi connectivity index (χ1) is 17.0. The SMILES string of the molecule is Cc1ccc(-n2cc(-c3ccccc3)nc2NC(=O)CN(Cc2ccco2)C(=O)C2CC2)cc1F. The van der Waals surface area contributed by atoms with E-state index in [0.717, 1.165) is 18.4 Å². The Morgan fingerprint density at radius 1 is 1.14 bits per heavy atom. The number of hydrogen-bond donors (Lipinski definition) is 1. The third kappa shape index (κ3) is 5.16. The van der Waals surface area contributed by atoms with Crippen molar-refractivity contribution in [1.29, 1.82) is 0 Å². The lowest BCUT2D eigenvalue weighted by molar-refractivity contribution is -0.136. The molecule has 0 saturated heterocycles. The van der Waals surface area contributed by atoms with Gasteiger partial charge in [0.15, 0.2) is 0 Å². The quantitative estimate of drug-likeness (QED) is 0.393. The van der Waals surface area contributed by atoms with Crippen LogP contribution in [0.2, 0.25) is 0 Å². The molecule has 1 N–H and O–H groups in total. The summed E-state index contributed by atoms with van der Waals surface area (Å²) in [6.45, 7) is 1.75. The Bertz CT molecular complexity index is 1340. The summed E-state index contributed by atoms with van der Waals surface area (Å²) < 4.78 is 21.4. The number of nitrogens with one attached hydrogen (secondary N) is 1. The predicted octanol–water partition coefficient (Wildman–Crippen LogP) is 4.96. The molecule has 4 aromatic rings. The number of benzene rings is 2. The van der Waals surface area contributed by atoms with Crippen molar-refractivity contribution < 1.29 is 18.4 Å². The van der Waals surface area contributed by atoms with Crippen molar-refractivity contribution in [3.05, 3.63) is 90.3 Å². The maximum atomic E-state index is 14.3. The van der Waals surface area contributed by atoms with Crippen molar-refractivity contribution in [2.24, 2.45) is 5.92 Å². The Morgan fingerprint density at radius 2 is 1.94 bits per heavy atom. The summed E-state index contributed by atoms with van der Waals surface area (Å²) in [4.78, 5) is 32.0. The maximum absolute atomic E-state index is 14.3. The molecule has 2 heterocycles. The molecule has 35 heavy (non-hydrogen) atoms. The Morgan fingerprint density at radius 3 is 2.63 bits per heavy atom. The first-order valence-electron chi connectivity index (χ1n) is 11.5. The van der Waals surface area contributed by atoms with E-state index in [-0.39, 0.29) is 36.7 Å². The summed E-state index contributed by atoms with van der Waals surface area (Å²) in [6.07, 6.45) is 4.96. The van der Waals surface area contributed by atoms with Crippen LogP contribution in [0.15, 0.2) is 77.5 Å². The van der Waals surface area contributed by atoms with Crippen molar-refractivity contribution >= 4 is 17.8 Å². The Balaban J connectivity index is 1.42. The van der Waals surface area contributed by atoms with Gasteiger partial charge in [0.25, 0.3) is 0 Å². The first-order valence-corrected chi connectivity index (χ1v) is 11.5. The Labute approximate surface area is 202 Å². The second-order valence-corrected chi connectivity index (χ2v) is 8.72. The van der Waals surface area contributed by atoms with Gasteiger partial charge >= 0.3 is 0 Å². The highest BCUT2D eigenvalue weighted by Crippen LogP contribution is 2.31. The molecule has 1 fully saturated rings. The van der Waals surface area contributed by atoms with Gasteiger partial charge in [0, 0.05) is 17.7 Å². The molecule has 1 aliphatic rings. The molecule has 0 unspecified atom stereocenters. The van der Waals surface area contributed by atoms with E-state index in [1.807, 2.05) is 30.3 Å². The van der Waals surface area contributed by atoms with Crippen molar-refractivity contribution in [3.8, 4) is 16.9 Å². The monoisotopic (exact) mass is 472 g/mol. The van der Waals surface area contributed by atoms with Crippen LogP contribution < -0.4 is 5.32 Å². The number of imidazole rings is 1. The zero-order valence-corrected chi connectivity index (χ0v) is 19.3. The van der Waals surface area contributed by atoms with Crippen molar-refractivity contribution in [2.75, 3.05) is 11.9 Å². The summed E-state index contributed by atoms with van der Waals surface area (Å²) in [5.41, 5.74) is 2.54. The fourth-order valence-electron chi connectivity index (χ4n) is 3.87. The first kappa shape index (κ1) is 22.6. The molecule has 0 aliphatic heterocycles. The third-order valence-electron chi connectivity index (χ3n) is 5.96. The lowest BCUT2D eigenvalue weighted by Gasteiger charge is -2.21. The second-order valence-electron chi connectivity index (χ2n) is 8.72. The van der Waals surface area contributed by atoms with Crippen LogP contribution in [0.5, 0.6) is 0 Å². The average Bonchev–Trinajstić information content (AvgIpc) is 3.43. The smallest absolute Gasteiger partial charge is 0.246 e. The molecule has 0 spiro atoms. The molecule has 7 nitrogen and oxygen atoms in total. The molecule has 0 atom stereocenters. The molecule has 1 aliphatic carbocycles. The van der Waals surface area contributed by atoms with Crippen LogP contribution in [0.1, 0.15) is 24.2 Å². The van der Waals surface area contributed by atoms with Crippen LogP contribution in [-0.2, 0) is 16.1 Å². The van der Waals surface area contributed by atoms with Crippen molar-refractivity contribution in [3.63, 3.8) is 0 Å². The van der Waals surface area contributed by atoms with Gasteiger partial charge in [0.05, 0.1) is 24.2 Å². The van der Waals surface area contributed by atoms with E-state index in [2.05, 4.69) is 10.3 Å². The lowest BCUT2D eigenvalue weighted by atomic mass is 10.2. The normalized spacial score (nSPS) is 13.0. The van der Waals surface area contributed by atoms with Crippen LogP contribution in [0.25, 0.3) is 16.9 Å². The number of aryl methyl sites for hydroxylation is 1. The van der Waals surface area contributed by atoms with Gasteiger partial charge in [-0.15, -0.1) is 0 Å². The van der Waals surface area contributed by atoms with Crippen LogP contribution in [0, 0.1) is 18.7 Å². The van der Waals surface area contributed by atoms with Gasteiger partial charge in [-0.05, 0) is 49.6 Å². The topological polar surface area (TPSA) is 80.4 Å². The number of nitrogens with zero attached hydrogens (tertiary/aromatic N) is 3. The minimum absolute atomic E-state index is 0.0417. The minimum Gasteiger partial charge on any atom is -0.467 e. The zero-order chi connectivity index (χ0) is 24.4. The fraction of sp³-hybridized carbons (Fsp3) is 0.222. The molecule has 2 aromatic heterocycles. The van der Waals surface area contributed by atoms with E-state index in [0.29, 0.717) is 22.7 Å². The Kier molecular flexibility index (Phi) is 6.18. The van der Waals surface area contributed by atoms with Crippen LogP contribution in [-0.4, -0.2) is 32.8 Å². The molecule has 5 rings (SSSR count). The summed E-state index contributed by atoms with van der Waals surface area (Å²) >= 11 is 0. The van der Waals surface area contributed by atoms with Crippen molar-refractivity contribution in [2.45, 2.75) is 26.3 Å². The largest absolute Gasteiger partial charge is 0.467 e. The summed E-state index contributed by atoms with van der Waals surface area (Å²) in [5, 5.41) is 2.82. The fourth-order valence-corrected chi connectivity index (χ4v) is 3.87. The molecule has 178 valence electrons. The van der Waals surface area contributed by atoms with Crippen LogP contribution >= 0.6 is 0 Å². The van der Waals surface area contributed by atoms with E-state index in [9.17, 15) is 14.0 Å². The van der Waals surface area contributed by atoms with E-state index < -0.39 is 5.91 Å². The van der Waals surface area contributed by atoms with Gasteiger partial charge < -0.3 is 9.32 Å². The number of aromatic nitrogens is 2. The number of carbonyl (C=O) groups is 2. The predicted molar refractivity (Wildman–Crippen MR) is 129 cm³/mol. The minimum atomic E-state index is -0.399. The van der Waals surface area contributed by atoms with E-state index in [1.165, 1.54) is 17.2 Å². The van der Waals surface area contributed by atoms with Crippen LogP contribution in [0.3, 0.4) is 0 Å². The van der Waals surface area contributed by atoms with Gasteiger partial charge in [-0.25, -0.2) is 9.37 Å². The van der Waals surface area contributed by atoms with Gasteiger partial charge in [-0.1, -0.05) is 36.4 Å². The number of rotatable bonds is 8. The molecular weight excluding hydrogens is 447 g/mol. The zero-order valence-electron chi connectivity index (χ0n) is 19.3. The summed E-state index contributed by atoms with van der Waals surface area (Å²) in [6, 6.07) is 17.9. The highest BCUT2D eigenvalue weighted by molar-refractivity contribution is 5.94. The molecular formula is C27H25FN4O3. The lowest BCUT2D eigenvalue weighted by Crippen LogP contribution is -2.38. The molecule has 2 amide bonds. The average molecular weight is 473 g/mol. The number of anilines is 1. The van der Waals surface area contributed by atoms with Crippen molar-refractivity contribution in [1.82, 2.24) is 14.5 Å². The number of hydrogen-bond acceptors (Lipinski definition) is 4. The number of carbonyl (C=O) groups excluding carboxylic acids is 2. The Hall–Kier alpha value is -4.20. The van der Waals surface area contributed by atoms with Gasteiger partial charge in [0.2, 0.25) is 17.8 Å². The van der Waals surface area contributed by atoms with Gasteiger partial charge in [-0.2, -0.15) is 0 Å². The summed E-state index contributed by atoms with van der Waals surface area (Å²) in [5.74, 6) is -0.00634. The molecule has 8 heteroatoms. The molecule has 1 saturated carbocycles. The second kappa shape index (κ2) is 9.58. The molecule has 0 bridgehead atoms. The number of amides is 2. The van der Waals surface area contributed by atoms with Gasteiger partial charge in [-0.3, -0.25) is 19.5 Å². The highest BCUT2D eigenvalue weighted by Gasteiger charge is 2.34. The van der Waals surface area contributed by atoms with E-state index >= 15 is 0 Å². The summed E-state index contributed by atoms with van der Waals surface area (Å²) in [7, 11) is 0. The van der Waals surface area contributed by atoms with Crippen LogP contribution in [0.4, 0.5) is 10.3 Å². The molecule has 0 radical (unpaired) electrons. The molecule has 2 aromatic carbocycles. The highest BCUT2D eigenvalue weighted by atomic mass is 19.1. The maximum Gasteiger partial charge on any atom is 0.246 e. The van der Waals surface area contributed by atoms with Gasteiger partial charge in [0.1, 0.15) is 18.1 Å².